The van der Waals surface area contributed by atoms with Crippen LogP contribution in [0.2, 0.25) is 0 Å². The Hall–Kier alpha value is 0.823. The van der Waals surface area contributed by atoms with E-state index in [2.05, 4.69) is 4.43 Å². The smallest absolute Gasteiger partial charge is 1.00 e. The summed E-state index contributed by atoms with van der Waals surface area (Å²) >= 11 is 0. The molecule has 0 saturated carbocycles. The maximum Gasteiger partial charge on any atom is 2.00 e. The van der Waals surface area contributed by atoms with Gasteiger partial charge in [-0.2, -0.15) is 0 Å². The van der Waals surface area contributed by atoms with Crippen molar-refractivity contribution < 1.29 is 21.7 Å². The van der Waals surface area contributed by atoms with E-state index < -0.39 is 9.05 Å². The predicted octanol–water partition coefficient (Wildman–Crippen LogP) is -1.72. The van der Waals surface area contributed by atoms with E-state index >= 15 is 0 Å². The molecule has 3 N–H and O–H groups in total. The van der Waals surface area contributed by atoms with Crippen molar-refractivity contribution >= 4 is 32.1 Å². The summed E-state index contributed by atoms with van der Waals surface area (Å²) in [7, 11) is -4.16. The first-order valence-electron chi connectivity index (χ1n) is 1.87. The van der Waals surface area contributed by atoms with Crippen LogP contribution in [-0.2, 0) is 4.43 Å². The molecular formula is C2H10MgO4Si. The number of rotatable bonds is 2. The third-order valence-electron chi connectivity index (χ3n) is 0.338. The zero-order chi connectivity index (χ0) is 5.91. The summed E-state index contributed by atoms with van der Waals surface area (Å²) in [5.41, 5.74) is 0. The molecule has 0 amide bonds. The molecule has 6 heteroatoms. The van der Waals surface area contributed by atoms with Crippen LogP contribution in [0.3, 0.4) is 0 Å². The summed E-state index contributed by atoms with van der Waals surface area (Å²) in [5.74, 6) is 0. The molecule has 0 radical (unpaired) electrons. The minimum absolute atomic E-state index is 0. The van der Waals surface area contributed by atoms with Gasteiger partial charge in [-0.05, 0) is 6.92 Å². The van der Waals surface area contributed by atoms with E-state index in [1.54, 1.807) is 6.92 Å². The average Bonchev–Trinajstić information content (AvgIpc) is 1.30. The Kier molecular flexibility index (Phi) is 6.78. The van der Waals surface area contributed by atoms with Gasteiger partial charge in [-0.15, -0.1) is 0 Å². The minimum Gasteiger partial charge on any atom is -1.00 e. The quantitative estimate of drug-likeness (QED) is 0.410. The minimum atomic E-state index is -4.16. The van der Waals surface area contributed by atoms with Gasteiger partial charge in [-0.3, -0.25) is 0 Å². The van der Waals surface area contributed by atoms with Crippen LogP contribution in [0.4, 0.5) is 0 Å². The molecule has 0 bridgehead atoms. The second kappa shape index (κ2) is 4.68. The van der Waals surface area contributed by atoms with Crippen molar-refractivity contribution in [3.05, 3.63) is 0 Å². The van der Waals surface area contributed by atoms with Gasteiger partial charge in [-0.25, -0.2) is 0 Å². The summed E-state index contributed by atoms with van der Waals surface area (Å²) < 4.78 is 4.03. The monoisotopic (exact) mass is 150 g/mol. The second-order valence-corrected chi connectivity index (χ2v) is 2.44. The van der Waals surface area contributed by atoms with E-state index in [0.717, 1.165) is 0 Å². The Morgan fingerprint density at radius 1 is 1.50 bits per heavy atom. The Morgan fingerprint density at radius 2 is 1.88 bits per heavy atom. The summed E-state index contributed by atoms with van der Waals surface area (Å²) in [6, 6.07) is 0. The average molecular weight is 150 g/mol. The molecule has 0 aliphatic heterocycles. The van der Waals surface area contributed by atoms with Gasteiger partial charge in [0.2, 0.25) is 0 Å². The fourth-order valence-corrected chi connectivity index (χ4v) is 0.581. The number of hydrogen-bond donors (Lipinski definition) is 3. The van der Waals surface area contributed by atoms with Crippen LogP contribution in [0.1, 0.15) is 9.78 Å². The molecule has 0 saturated heterocycles. The van der Waals surface area contributed by atoms with Crippen molar-refractivity contribution in [2.75, 3.05) is 6.61 Å². The van der Waals surface area contributed by atoms with Crippen LogP contribution >= 0.6 is 0 Å². The van der Waals surface area contributed by atoms with Gasteiger partial charge >= 0.3 is 32.1 Å². The third kappa shape index (κ3) is 9.95. The third-order valence-corrected chi connectivity index (χ3v) is 1.01. The van der Waals surface area contributed by atoms with Crippen LogP contribution in [-0.4, -0.2) is 53.1 Å². The van der Waals surface area contributed by atoms with Crippen LogP contribution in [0.5, 0.6) is 0 Å². The topological polar surface area (TPSA) is 69.9 Å². The molecule has 0 aromatic carbocycles. The summed E-state index contributed by atoms with van der Waals surface area (Å²) in [6.45, 7) is 1.68. The summed E-state index contributed by atoms with van der Waals surface area (Å²) in [4.78, 5) is 24.1. The molecule has 48 valence electrons. The van der Waals surface area contributed by atoms with Gasteiger partial charge < -0.3 is 21.7 Å². The molecule has 0 fully saturated rings. The van der Waals surface area contributed by atoms with Gasteiger partial charge in [-0.1, -0.05) is 0 Å². The SMILES string of the molecule is CCO[Si](O)(O)O.[H-].[H-].[Mg+2]. The van der Waals surface area contributed by atoms with E-state index in [4.69, 9.17) is 14.4 Å². The second-order valence-electron chi connectivity index (χ2n) is 1.01. The fourth-order valence-electron chi connectivity index (χ4n) is 0.194. The fraction of sp³-hybridized carbons (Fsp3) is 1.00. The largest absolute Gasteiger partial charge is 2.00 e. The molecule has 0 aliphatic carbocycles. The van der Waals surface area contributed by atoms with Crippen LogP contribution in [0.25, 0.3) is 0 Å². The molecule has 0 rings (SSSR count). The zero-order valence-electron chi connectivity index (χ0n) is 6.66. The van der Waals surface area contributed by atoms with Gasteiger partial charge in [0.05, 0.1) is 0 Å². The molecular weight excluding hydrogens is 140 g/mol. The summed E-state index contributed by atoms with van der Waals surface area (Å²) in [6.07, 6.45) is 0. The molecule has 0 atom stereocenters. The van der Waals surface area contributed by atoms with Gasteiger partial charge in [0.15, 0.2) is 0 Å². The van der Waals surface area contributed by atoms with Crippen LogP contribution in [0, 0.1) is 0 Å². The van der Waals surface area contributed by atoms with Crippen molar-refractivity contribution in [2.24, 2.45) is 0 Å². The first-order valence-corrected chi connectivity index (χ1v) is 3.62. The van der Waals surface area contributed by atoms with Crippen LogP contribution < -0.4 is 0 Å². The molecule has 0 unspecified atom stereocenters. The molecule has 8 heavy (non-hydrogen) atoms. The molecule has 0 spiro atoms. The van der Waals surface area contributed by atoms with Crippen molar-refractivity contribution in [1.82, 2.24) is 0 Å². The number of hydrogen-bond acceptors (Lipinski definition) is 4. The van der Waals surface area contributed by atoms with E-state index in [1.807, 2.05) is 0 Å². The maximum atomic E-state index is 8.05. The standard InChI is InChI=1S/C2H8O4Si.Mg.2H/c1-2-6-7(3,4)5;;;/h3-5H,2H2,1H3;;;/q;+2;2*-1. The first-order chi connectivity index (χ1) is 3.06. The molecule has 0 aromatic heterocycles. The molecule has 0 aliphatic rings. The predicted molar refractivity (Wildman–Crippen MR) is 32.0 cm³/mol. The van der Waals surface area contributed by atoms with Crippen molar-refractivity contribution in [3.63, 3.8) is 0 Å². The van der Waals surface area contributed by atoms with E-state index in [1.165, 1.54) is 0 Å². The first kappa shape index (κ1) is 11.6. The van der Waals surface area contributed by atoms with E-state index in [-0.39, 0.29) is 32.5 Å². The van der Waals surface area contributed by atoms with Crippen molar-refractivity contribution in [2.45, 2.75) is 6.92 Å². The Labute approximate surface area is 67.7 Å². The Morgan fingerprint density at radius 3 is 1.88 bits per heavy atom. The van der Waals surface area contributed by atoms with E-state index in [9.17, 15) is 0 Å². The molecule has 0 heterocycles. The normalized spacial score (nSPS) is 10.5. The summed E-state index contributed by atoms with van der Waals surface area (Å²) in [5, 5.41) is 0. The molecule has 4 nitrogen and oxygen atoms in total. The maximum absolute atomic E-state index is 8.05. The Bertz CT molecular complexity index is 59.7. The zero-order valence-corrected chi connectivity index (χ0v) is 7.08. The van der Waals surface area contributed by atoms with Gasteiger partial charge in [0, 0.05) is 6.61 Å². The van der Waals surface area contributed by atoms with Crippen molar-refractivity contribution in [1.29, 1.82) is 0 Å². The van der Waals surface area contributed by atoms with Crippen molar-refractivity contribution in [3.8, 4) is 0 Å². The van der Waals surface area contributed by atoms with Gasteiger partial charge in [0.1, 0.15) is 0 Å². The van der Waals surface area contributed by atoms with E-state index in [0.29, 0.717) is 0 Å². The van der Waals surface area contributed by atoms with Gasteiger partial charge in [0.25, 0.3) is 0 Å². The van der Waals surface area contributed by atoms with Crippen LogP contribution in [0.15, 0.2) is 0 Å². The molecule has 0 aromatic rings. The Balaban J connectivity index is -0.0000000600.